The van der Waals surface area contributed by atoms with Crippen molar-refractivity contribution in [3.8, 4) is 0 Å². The number of rotatable bonds is 5. The van der Waals surface area contributed by atoms with Crippen molar-refractivity contribution in [1.29, 1.82) is 0 Å². The minimum absolute atomic E-state index is 0.101. The monoisotopic (exact) mass is 435 g/mol. The summed E-state index contributed by atoms with van der Waals surface area (Å²) in [4.78, 5) is 12.8. The van der Waals surface area contributed by atoms with Gasteiger partial charge in [-0.05, 0) is 68.5 Å². The molecular formula is C14H12Br2ClNOS. The molecule has 0 fully saturated rings. The van der Waals surface area contributed by atoms with E-state index in [2.05, 4.69) is 37.2 Å². The molecule has 2 aromatic rings. The second kappa shape index (κ2) is 7.59. The smallest absolute Gasteiger partial charge is 0.265 e. The number of carbonyl (C=O) groups is 1. The van der Waals surface area contributed by atoms with E-state index in [0.717, 1.165) is 26.8 Å². The summed E-state index contributed by atoms with van der Waals surface area (Å²) >= 11 is 13.9. The highest BCUT2D eigenvalue weighted by Gasteiger charge is 2.12. The Morgan fingerprint density at radius 1 is 1.30 bits per heavy atom. The molecule has 0 unspecified atom stereocenters. The van der Waals surface area contributed by atoms with Crippen LogP contribution in [0.1, 0.15) is 21.7 Å². The average molecular weight is 438 g/mol. The zero-order valence-corrected chi connectivity index (χ0v) is 15.2. The van der Waals surface area contributed by atoms with Crippen LogP contribution in [0.4, 0.5) is 5.69 Å². The van der Waals surface area contributed by atoms with Gasteiger partial charge in [0, 0.05) is 16.0 Å². The summed E-state index contributed by atoms with van der Waals surface area (Å²) in [5.41, 5.74) is 1.99. The van der Waals surface area contributed by atoms with Gasteiger partial charge in [-0.15, -0.1) is 22.9 Å². The van der Waals surface area contributed by atoms with Crippen molar-refractivity contribution in [1.82, 2.24) is 0 Å². The number of anilines is 1. The molecule has 1 heterocycles. The summed E-state index contributed by atoms with van der Waals surface area (Å²) in [6.07, 6.45) is 1.85. The second-order valence-electron chi connectivity index (χ2n) is 4.18. The lowest BCUT2D eigenvalue weighted by Gasteiger charge is -2.06. The normalized spacial score (nSPS) is 10.6. The fraction of sp³-hybridized carbons (Fsp3) is 0.214. The van der Waals surface area contributed by atoms with Crippen molar-refractivity contribution in [3.63, 3.8) is 0 Å². The third kappa shape index (κ3) is 4.32. The molecule has 106 valence electrons. The number of benzene rings is 1. The lowest BCUT2D eigenvalue weighted by atomic mass is 10.1. The van der Waals surface area contributed by atoms with Gasteiger partial charge in [-0.3, -0.25) is 4.79 Å². The number of hydrogen-bond acceptors (Lipinski definition) is 2. The molecule has 1 N–H and O–H groups in total. The molecule has 0 aliphatic carbocycles. The Morgan fingerprint density at radius 3 is 2.75 bits per heavy atom. The van der Waals surface area contributed by atoms with Gasteiger partial charge in [-0.1, -0.05) is 12.1 Å². The fourth-order valence-electron chi connectivity index (χ4n) is 1.73. The molecule has 0 aliphatic heterocycles. The quantitative estimate of drug-likeness (QED) is 0.598. The van der Waals surface area contributed by atoms with E-state index in [-0.39, 0.29) is 5.91 Å². The lowest BCUT2D eigenvalue weighted by Crippen LogP contribution is -2.10. The maximum absolute atomic E-state index is 12.1. The Hall–Kier alpha value is -0.360. The highest BCUT2D eigenvalue weighted by Crippen LogP contribution is 2.32. The van der Waals surface area contributed by atoms with E-state index < -0.39 is 0 Å². The molecule has 20 heavy (non-hydrogen) atoms. The summed E-state index contributed by atoms with van der Waals surface area (Å²) in [7, 11) is 0. The number of nitrogens with one attached hydrogen (secondary N) is 1. The Morgan fingerprint density at radius 2 is 2.10 bits per heavy atom. The van der Waals surface area contributed by atoms with E-state index >= 15 is 0 Å². The van der Waals surface area contributed by atoms with Crippen molar-refractivity contribution >= 4 is 66.4 Å². The van der Waals surface area contributed by atoms with E-state index in [9.17, 15) is 4.79 Å². The number of halogens is 3. The first-order valence-electron chi connectivity index (χ1n) is 6.01. The Bertz CT molecular complexity index is 595. The first-order valence-corrected chi connectivity index (χ1v) is 8.95. The van der Waals surface area contributed by atoms with Crippen LogP contribution in [0.15, 0.2) is 38.6 Å². The van der Waals surface area contributed by atoms with Gasteiger partial charge in [0.15, 0.2) is 0 Å². The van der Waals surface area contributed by atoms with Crippen LogP contribution < -0.4 is 5.32 Å². The van der Waals surface area contributed by atoms with Crippen LogP contribution in [-0.4, -0.2) is 11.8 Å². The molecule has 2 nitrogen and oxygen atoms in total. The van der Waals surface area contributed by atoms with Crippen LogP contribution in [0.25, 0.3) is 0 Å². The molecule has 0 spiro atoms. The van der Waals surface area contributed by atoms with Crippen molar-refractivity contribution in [2.24, 2.45) is 0 Å². The summed E-state index contributed by atoms with van der Waals surface area (Å²) < 4.78 is 1.81. The molecular weight excluding hydrogens is 425 g/mol. The summed E-state index contributed by atoms with van der Waals surface area (Å²) in [5.74, 6) is 0.546. The van der Waals surface area contributed by atoms with E-state index in [1.54, 1.807) is 6.07 Å². The molecule has 1 aromatic carbocycles. The first kappa shape index (κ1) is 16.0. The molecule has 0 saturated carbocycles. The van der Waals surface area contributed by atoms with Crippen molar-refractivity contribution < 1.29 is 4.79 Å². The third-order valence-electron chi connectivity index (χ3n) is 2.65. The maximum atomic E-state index is 12.1. The number of thiophene rings is 1. The number of hydrogen-bond donors (Lipinski definition) is 1. The fourth-order valence-corrected chi connectivity index (χ4v) is 3.79. The molecule has 1 amide bonds. The molecule has 2 rings (SSSR count). The van der Waals surface area contributed by atoms with Gasteiger partial charge < -0.3 is 5.32 Å². The highest BCUT2D eigenvalue weighted by molar-refractivity contribution is 9.13. The average Bonchev–Trinajstić information content (AvgIpc) is 2.77. The minimum Gasteiger partial charge on any atom is -0.321 e. The van der Waals surface area contributed by atoms with Crippen LogP contribution in [0.3, 0.4) is 0 Å². The van der Waals surface area contributed by atoms with Gasteiger partial charge in [0.25, 0.3) is 5.91 Å². The number of amides is 1. The Balaban J connectivity index is 2.07. The SMILES string of the molecule is O=C(Nc1cccc(CCCCl)c1)c1cc(Br)c(Br)s1. The second-order valence-corrected chi connectivity index (χ2v) is 7.78. The molecule has 1 aromatic heterocycles. The van der Waals surface area contributed by atoms with Gasteiger partial charge in [-0.2, -0.15) is 0 Å². The molecule has 0 atom stereocenters. The third-order valence-corrected chi connectivity index (χ3v) is 6.18. The van der Waals surface area contributed by atoms with Crippen molar-refractivity contribution in [2.45, 2.75) is 12.8 Å². The summed E-state index contributed by atoms with van der Waals surface area (Å²) in [5, 5.41) is 2.91. The van der Waals surface area contributed by atoms with Gasteiger partial charge >= 0.3 is 0 Å². The van der Waals surface area contributed by atoms with Crippen molar-refractivity contribution in [3.05, 3.63) is 49.0 Å². The largest absolute Gasteiger partial charge is 0.321 e. The van der Waals surface area contributed by atoms with E-state index in [0.29, 0.717) is 10.8 Å². The van der Waals surface area contributed by atoms with Crippen LogP contribution in [-0.2, 0) is 6.42 Å². The first-order chi connectivity index (χ1) is 9.60. The Labute approximate surface area is 143 Å². The predicted octanol–water partition coefficient (Wildman–Crippen LogP) is 5.70. The van der Waals surface area contributed by atoms with E-state index in [1.807, 2.05) is 24.3 Å². The molecule has 0 aliphatic rings. The lowest BCUT2D eigenvalue weighted by molar-refractivity contribution is 0.103. The summed E-state index contributed by atoms with van der Waals surface area (Å²) in [6, 6.07) is 9.67. The van der Waals surface area contributed by atoms with E-state index in [1.165, 1.54) is 16.9 Å². The molecule has 0 radical (unpaired) electrons. The standard InChI is InChI=1S/C14H12Br2ClNOS/c15-11-8-12(20-13(11)16)14(19)18-10-5-1-3-9(7-10)4-2-6-17/h1,3,5,7-8H,2,4,6H2,(H,18,19). The minimum atomic E-state index is -0.101. The van der Waals surface area contributed by atoms with Gasteiger partial charge in [-0.25, -0.2) is 0 Å². The number of carbonyl (C=O) groups excluding carboxylic acids is 1. The molecule has 0 bridgehead atoms. The van der Waals surface area contributed by atoms with Crippen LogP contribution >= 0.6 is 54.8 Å². The highest BCUT2D eigenvalue weighted by atomic mass is 79.9. The number of alkyl halides is 1. The van der Waals surface area contributed by atoms with E-state index in [4.69, 9.17) is 11.6 Å². The Kier molecular flexibility index (Phi) is 6.08. The zero-order chi connectivity index (χ0) is 14.5. The molecule has 0 saturated heterocycles. The van der Waals surface area contributed by atoms with Crippen molar-refractivity contribution in [2.75, 3.05) is 11.2 Å². The van der Waals surface area contributed by atoms with Gasteiger partial charge in [0.1, 0.15) is 0 Å². The zero-order valence-electron chi connectivity index (χ0n) is 10.5. The predicted molar refractivity (Wildman–Crippen MR) is 93.2 cm³/mol. The van der Waals surface area contributed by atoms with Gasteiger partial charge in [0.2, 0.25) is 0 Å². The number of aryl methyl sites for hydroxylation is 1. The van der Waals surface area contributed by atoms with Crippen LogP contribution in [0, 0.1) is 0 Å². The summed E-state index contributed by atoms with van der Waals surface area (Å²) in [6.45, 7) is 0. The molecule has 6 heteroatoms. The topological polar surface area (TPSA) is 29.1 Å². The van der Waals surface area contributed by atoms with Crippen LogP contribution in [0.5, 0.6) is 0 Å². The van der Waals surface area contributed by atoms with Crippen LogP contribution in [0.2, 0.25) is 0 Å². The van der Waals surface area contributed by atoms with Gasteiger partial charge in [0.05, 0.1) is 8.66 Å². The maximum Gasteiger partial charge on any atom is 0.265 e.